The number of nitrogens with one attached hydrogen (secondary N) is 1. The molecule has 38 heavy (non-hydrogen) atoms. The molecular formula is C26H26F2N8O2. The number of aryl methyl sites for hydroxylation is 1. The van der Waals surface area contributed by atoms with Gasteiger partial charge in [0.2, 0.25) is 5.89 Å². The van der Waals surface area contributed by atoms with Crippen LogP contribution >= 0.6 is 0 Å². The number of carbonyl (C=O) groups excluding carboxylic acids is 1. The van der Waals surface area contributed by atoms with Crippen molar-refractivity contribution in [1.82, 2.24) is 39.8 Å². The van der Waals surface area contributed by atoms with Gasteiger partial charge in [-0.25, -0.2) is 18.3 Å². The summed E-state index contributed by atoms with van der Waals surface area (Å²) in [6, 6.07) is 7.75. The summed E-state index contributed by atoms with van der Waals surface area (Å²) < 4.78 is 33.5. The fourth-order valence-electron chi connectivity index (χ4n) is 3.98. The highest BCUT2D eigenvalue weighted by atomic mass is 19.3. The Morgan fingerprint density at radius 1 is 1.11 bits per heavy atom. The standard InChI is InChI=1S/C26H26F2N8O2/c1-15-7-16(5-6-17(15)9-29-24(37)23-33-25(38-34-23)26(2,3)4)22-20-8-18(12-36(20)32-14-30-22)19-10-31-35(11-19)13-21(27)28/h5-8,10-12,14,21H,9,13H2,1-4H3,(H,29,37). The first-order chi connectivity index (χ1) is 18.1. The molecule has 0 fully saturated rings. The van der Waals surface area contributed by atoms with Crippen LogP contribution in [0, 0.1) is 6.92 Å². The van der Waals surface area contributed by atoms with Gasteiger partial charge in [0.05, 0.1) is 17.4 Å². The molecule has 0 bridgehead atoms. The zero-order valence-electron chi connectivity index (χ0n) is 21.3. The highest BCUT2D eigenvalue weighted by Gasteiger charge is 2.24. The lowest BCUT2D eigenvalue weighted by molar-refractivity contribution is 0.0937. The number of halogens is 2. The summed E-state index contributed by atoms with van der Waals surface area (Å²) in [4.78, 5) is 21.2. The number of alkyl halides is 2. The normalized spacial score (nSPS) is 12.0. The lowest BCUT2D eigenvalue weighted by Gasteiger charge is -2.10. The Morgan fingerprint density at radius 3 is 2.63 bits per heavy atom. The van der Waals surface area contributed by atoms with Gasteiger partial charge in [0.1, 0.15) is 12.9 Å². The molecule has 12 heteroatoms. The molecule has 10 nitrogen and oxygen atoms in total. The van der Waals surface area contributed by atoms with Crippen molar-refractivity contribution in [1.29, 1.82) is 0 Å². The van der Waals surface area contributed by atoms with E-state index < -0.39 is 18.9 Å². The van der Waals surface area contributed by atoms with Crippen LogP contribution in [0.25, 0.3) is 27.9 Å². The second-order valence-corrected chi connectivity index (χ2v) is 10.0. The molecule has 0 aliphatic carbocycles. The molecule has 0 saturated carbocycles. The maximum atomic E-state index is 12.7. The van der Waals surface area contributed by atoms with Crippen LogP contribution in [-0.2, 0) is 18.5 Å². The number of hydrogen-bond acceptors (Lipinski definition) is 7. The molecule has 0 radical (unpaired) electrons. The van der Waals surface area contributed by atoms with E-state index in [0.717, 1.165) is 27.8 Å². The molecule has 0 aliphatic heterocycles. The van der Waals surface area contributed by atoms with Gasteiger partial charge in [0, 0.05) is 41.0 Å². The number of rotatable bonds is 7. The van der Waals surface area contributed by atoms with Gasteiger partial charge in [0.15, 0.2) is 0 Å². The molecular weight excluding hydrogens is 494 g/mol. The smallest absolute Gasteiger partial charge is 0.292 e. The summed E-state index contributed by atoms with van der Waals surface area (Å²) in [5.74, 6) is -0.0194. The molecule has 4 heterocycles. The van der Waals surface area contributed by atoms with Gasteiger partial charge < -0.3 is 9.84 Å². The van der Waals surface area contributed by atoms with E-state index >= 15 is 0 Å². The third kappa shape index (κ3) is 5.15. The van der Waals surface area contributed by atoms with Crippen molar-refractivity contribution in [3.05, 3.63) is 72.0 Å². The summed E-state index contributed by atoms with van der Waals surface area (Å²) in [5.41, 5.74) is 5.39. The minimum absolute atomic E-state index is 0.00337. The Labute approximate surface area is 216 Å². The summed E-state index contributed by atoms with van der Waals surface area (Å²) >= 11 is 0. The molecule has 0 atom stereocenters. The minimum Gasteiger partial charge on any atom is -0.345 e. The van der Waals surface area contributed by atoms with Gasteiger partial charge in [0.25, 0.3) is 18.2 Å². The van der Waals surface area contributed by atoms with Crippen molar-refractivity contribution in [2.45, 2.75) is 52.6 Å². The first-order valence-corrected chi connectivity index (χ1v) is 11.9. The van der Waals surface area contributed by atoms with Crippen LogP contribution in [0.3, 0.4) is 0 Å². The van der Waals surface area contributed by atoms with Crippen LogP contribution in [0.5, 0.6) is 0 Å². The lowest BCUT2D eigenvalue weighted by Crippen LogP contribution is -2.24. The summed E-state index contributed by atoms with van der Waals surface area (Å²) in [5, 5.41) is 14.9. The van der Waals surface area contributed by atoms with E-state index in [1.807, 2.05) is 58.2 Å². The van der Waals surface area contributed by atoms with Crippen LogP contribution < -0.4 is 5.32 Å². The number of benzene rings is 1. The molecule has 0 spiro atoms. The average molecular weight is 521 g/mol. The molecule has 5 aromatic rings. The Kier molecular flexibility index (Phi) is 6.47. The highest BCUT2D eigenvalue weighted by molar-refractivity contribution is 5.90. The van der Waals surface area contributed by atoms with Gasteiger partial charge in [-0.15, -0.1) is 0 Å². The number of carbonyl (C=O) groups is 1. The number of nitrogens with zero attached hydrogens (tertiary/aromatic N) is 7. The van der Waals surface area contributed by atoms with Crippen molar-refractivity contribution < 1.29 is 18.1 Å². The second-order valence-electron chi connectivity index (χ2n) is 10.0. The van der Waals surface area contributed by atoms with E-state index in [4.69, 9.17) is 4.52 Å². The van der Waals surface area contributed by atoms with Crippen molar-refractivity contribution >= 4 is 11.4 Å². The molecule has 0 aliphatic rings. The number of aromatic nitrogens is 7. The van der Waals surface area contributed by atoms with E-state index in [1.165, 1.54) is 11.0 Å². The third-order valence-corrected chi connectivity index (χ3v) is 6.02. The van der Waals surface area contributed by atoms with Crippen LogP contribution in [-0.4, -0.2) is 46.9 Å². The molecule has 1 amide bonds. The molecule has 5 rings (SSSR count). The molecule has 1 N–H and O–H groups in total. The fourth-order valence-corrected chi connectivity index (χ4v) is 3.98. The first-order valence-electron chi connectivity index (χ1n) is 11.9. The van der Waals surface area contributed by atoms with Crippen LogP contribution in [0.15, 0.2) is 53.7 Å². The predicted octanol–water partition coefficient (Wildman–Crippen LogP) is 4.44. The Morgan fingerprint density at radius 2 is 1.92 bits per heavy atom. The van der Waals surface area contributed by atoms with E-state index in [2.05, 4.69) is 30.6 Å². The lowest BCUT2D eigenvalue weighted by atomic mass is 9.97. The number of hydrogen-bond donors (Lipinski definition) is 1. The van der Waals surface area contributed by atoms with Crippen LogP contribution in [0.2, 0.25) is 0 Å². The van der Waals surface area contributed by atoms with Crippen LogP contribution in [0.4, 0.5) is 8.78 Å². The van der Waals surface area contributed by atoms with Crippen molar-refractivity contribution in [2.75, 3.05) is 0 Å². The van der Waals surface area contributed by atoms with Crippen molar-refractivity contribution in [2.24, 2.45) is 0 Å². The number of amides is 1. The van der Waals surface area contributed by atoms with E-state index in [0.29, 0.717) is 23.7 Å². The largest absolute Gasteiger partial charge is 0.345 e. The SMILES string of the molecule is Cc1cc(-c2ncnn3cc(-c4cnn(CC(F)F)c4)cc23)ccc1CNC(=O)c1noc(C(C)(C)C)n1. The summed E-state index contributed by atoms with van der Waals surface area (Å²) in [7, 11) is 0. The fraction of sp³-hybridized carbons (Fsp3) is 0.308. The Hall–Kier alpha value is -4.48. The van der Waals surface area contributed by atoms with Gasteiger partial charge in [-0.05, 0) is 30.2 Å². The second kappa shape index (κ2) is 9.77. The Bertz CT molecular complexity index is 1610. The molecule has 1 aromatic carbocycles. The topological polar surface area (TPSA) is 116 Å². The maximum absolute atomic E-state index is 12.7. The monoisotopic (exact) mass is 520 g/mol. The van der Waals surface area contributed by atoms with Gasteiger partial charge in [-0.3, -0.25) is 9.48 Å². The van der Waals surface area contributed by atoms with Crippen molar-refractivity contribution in [3.8, 4) is 22.4 Å². The zero-order chi connectivity index (χ0) is 27.0. The minimum atomic E-state index is -2.48. The average Bonchev–Trinajstić information content (AvgIpc) is 3.61. The Balaban J connectivity index is 1.34. The number of fused-ring (bicyclic) bond motifs is 1. The highest BCUT2D eigenvalue weighted by Crippen LogP contribution is 2.29. The first kappa shape index (κ1) is 25.2. The van der Waals surface area contributed by atoms with E-state index in [9.17, 15) is 13.6 Å². The maximum Gasteiger partial charge on any atom is 0.292 e. The molecule has 0 unspecified atom stereocenters. The van der Waals surface area contributed by atoms with Gasteiger partial charge in [-0.2, -0.15) is 15.2 Å². The summed E-state index contributed by atoms with van der Waals surface area (Å²) in [6.07, 6.45) is 3.93. The quantitative estimate of drug-likeness (QED) is 0.337. The van der Waals surface area contributed by atoms with Crippen LogP contribution in [0.1, 0.15) is 48.4 Å². The third-order valence-electron chi connectivity index (χ3n) is 6.02. The summed E-state index contributed by atoms with van der Waals surface area (Å²) in [6.45, 7) is 7.57. The molecule has 196 valence electrons. The molecule has 4 aromatic heterocycles. The van der Waals surface area contributed by atoms with E-state index in [1.54, 1.807) is 16.9 Å². The van der Waals surface area contributed by atoms with Gasteiger partial charge in [-0.1, -0.05) is 38.1 Å². The molecule has 0 saturated heterocycles. The van der Waals surface area contributed by atoms with Gasteiger partial charge >= 0.3 is 0 Å². The predicted molar refractivity (Wildman–Crippen MR) is 135 cm³/mol. The zero-order valence-corrected chi connectivity index (χ0v) is 21.3. The van der Waals surface area contributed by atoms with E-state index in [-0.39, 0.29) is 11.2 Å². The van der Waals surface area contributed by atoms with Crippen molar-refractivity contribution in [3.63, 3.8) is 0 Å².